The predicted octanol–water partition coefficient (Wildman–Crippen LogP) is 2.37. The first-order valence-electron chi connectivity index (χ1n) is 4.68. The van der Waals surface area contributed by atoms with E-state index < -0.39 is 0 Å². The van der Waals surface area contributed by atoms with E-state index in [1.54, 1.807) is 30.7 Å². The van der Waals surface area contributed by atoms with Crippen LogP contribution < -0.4 is 5.32 Å². The largest absolute Gasteiger partial charge is 0.467 e. The third-order valence-corrected chi connectivity index (χ3v) is 2.43. The lowest BCUT2D eigenvalue weighted by molar-refractivity contribution is 0.0948. The van der Waals surface area contributed by atoms with Crippen LogP contribution in [0.1, 0.15) is 16.1 Å². The molecule has 0 saturated carbocycles. The van der Waals surface area contributed by atoms with Crippen molar-refractivity contribution in [2.45, 2.75) is 6.54 Å². The molecule has 1 amide bonds. The minimum atomic E-state index is -0.153. The smallest absolute Gasteiger partial charge is 0.251 e. The Labute approximate surface area is 101 Å². The second-order valence-corrected chi connectivity index (χ2v) is 3.94. The van der Waals surface area contributed by atoms with Crippen molar-refractivity contribution in [3.05, 3.63) is 52.7 Å². The average Bonchev–Trinajstić information content (AvgIpc) is 2.78. The van der Waals surface area contributed by atoms with Gasteiger partial charge in [0, 0.05) is 11.8 Å². The molecule has 2 aromatic rings. The second-order valence-electron chi connectivity index (χ2n) is 3.13. The van der Waals surface area contributed by atoms with Gasteiger partial charge in [0.2, 0.25) is 0 Å². The molecule has 0 spiro atoms. The summed E-state index contributed by atoms with van der Waals surface area (Å²) in [6.45, 7) is 0.381. The number of carbonyl (C=O) groups is 1. The molecule has 0 aliphatic rings. The van der Waals surface area contributed by atoms with E-state index in [0.717, 1.165) is 5.76 Å². The number of nitrogens with one attached hydrogen (secondary N) is 1. The first kappa shape index (κ1) is 10.9. The summed E-state index contributed by atoms with van der Waals surface area (Å²) in [5.74, 6) is 0.570. The number of hydrogen-bond donors (Lipinski definition) is 1. The van der Waals surface area contributed by atoms with Crippen molar-refractivity contribution in [1.29, 1.82) is 0 Å². The molecule has 1 N–H and O–H groups in total. The van der Waals surface area contributed by atoms with Gasteiger partial charge in [0.1, 0.15) is 10.4 Å². The minimum absolute atomic E-state index is 0.153. The van der Waals surface area contributed by atoms with Gasteiger partial charge in [0.05, 0.1) is 12.8 Å². The van der Waals surface area contributed by atoms with Gasteiger partial charge < -0.3 is 9.73 Å². The van der Waals surface area contributed by atoms with Gasteiger partial charge in [-0.25, -0.2) is 4.98 Å². The van der Waals surface area contributed by atoms with Crippen molar-refractivity contribution in [2.75, 3.05) is 0 Å². The summed E-state index contributed by atoms with van der Waals surface area (Å²) >= 11 is 3.21. The maximum Gasteiger partial charge on any atom is 0.251 e. The summed E-state index contributed by atoms with van der Waals surface area (Å²) in [4.78, 5) is 15.6. The van der Waals surface area contributed by atoms with Crippen molar-refractivity contribution < 1.29 is 9.21 Å². The summed E-state index contributed by atoms with van der Waals surface area (Å²) in [5, 5.41) is 2.75. The SMILES string of the molecule is O=C(NCc1ccco1)c1ccnc(Br)c1. The zero-order valence-corrected chi connectivity index (χ0v) is 9.90. The van der Waals surface area contributed by atoms with Crippen LogP contribution in [0.5, 0.6) is 0 Å². The topological polar surface area (TPSA) is 55.1 Å². The number of aromatic nitrogens is 1. The number of halogens is 1. The van der Waals surface area contributed by atoms with E-state index in [-0.39, 0.29) is 5.91 Å². The maximum absolute atomic E-state index is 11.7. The predicted molar refractivity (Wildman–Crippen MR) is 61.8 cm³/mol. The molecule has 2 rings (SSSR count). The molecule has 0 fully saturated rings. The third kappa shape index (κ3) is 2.70. The van der Waals surface area contributed by atoms with Crippen LogP contribution in [0.3, 0.4) is 0 Å². The number of amides is 1. The Bertz CT molecular complexity index is 482. The van der Waals surface area contributed by atoms with Crippen LogP contribution in [0, 0.1) is 0 Å². The van der Waals surface area contributed by atoms with E-state index in [9.17, 15) is 4.79 Å². The fraction of sp³-hybridized carbons (Fsp3) is 0.0909. The highest BCUT2D eigenvalue weighted by Gasteiger charge is 2.06. The van der Waals surface area contributed by atoms with E-state index in [2.05, 4.69) is 26.2 Å². The van der Waals surface area contributed by atoms with E-state index in [4.69, 9.17) is 4.42 Å². The van der Waals surface area contributed by atoms with Crippen LogP contribution in [0.2, 0.25) is 0 Å². The molecule has 82 valence electrons. The molecule has 0 bridgehead atoms. The summed E-state index contributed by atoms with van der Waals surface area (Å²) in [6.07, 6.45) is 3.15. The number of hydrogen-bond acceptors (Lipinski definition) is 3. The molecule has 0 unspecified atom stereocenters. The number of rotatable bonds is 3. The number of furan rings is 1. The maximum atomic E-state index is 11.7. The van der Waals surface area contributed by atoms with Crippen molar-refractivity contribution in [3.63, 3.8) is 0 Å². The molecule has 0 aromatic carbocycles. The highest BCUT2D eigenvalue weighted by Crippen LogP contribution is 2.08. The highest BCUT2D eigenvalue weighted by molar-refractivity contribution is 9.10. The van der Waals surface area contributed by atoms with Gasteiger partial charge in [0.15, 0.2) is 0 Å². The van der Waals surface area contributed by atoms with Gasteiger partial charge in [0.25, 0.3) is 5.91 Å². The molecule has 0 aliphatic carbocycles. The summed E-state index contributed by atoms with van der Waals surface area (Å²) in [6, 6.07) is 6.91. The first-order chi connectivity index (χ1) is 7.75. The van der Waals surface area contributed by atoms with Crippen molar-refractivity contribution >= 4 is 21.8 Å². The minimum Gasteiger partial charge on any atom is -0.467 e. The molecule has 16 heavy (non-hydrogen) atoms. The third-order valence-electron chi connectivity index (χ3n) is 1.99. The Morgan fingerprint density at radius 2 is 2.38 bits per heavy atom. The zero-order chi connectivity index (χ0) is 11.4. The van der Waals surface area contributed by atoms with E-state index in [0.29, 0.717) is 16.7 Å². The fourth-order valence-corrected chi connectivity index (χ4v) is 1.59. The Kier molecular flexibility index (Phi) is 3.36. The fourth-order valence-electron chi connectivity index (χ4n) is 1.23. The highest BCUT2D eigenvalue weighted by atomic mass is 79.9. The van der Waals surface area contributed by atoms with Crippen LogP contribution in [0.25, 0.3) is 0 Å². The van der Waals surface area contributed by atoms with E-state index >= 15 is 0 Å². The monoisotopic (exact) mass is 280 g/mol. The lowest BCUT2D eigenvalue weighted by Crippen LogP contribution is -2.22. The molecule has 4 nitrogen and oxygen atoms in total. The van der Waals surface area contributed by atoms with Gasteiger partial charge >= 0.3 is 0 Å². The summed E-state index contributed by atoms with van der Waals surface area (Å²) < 4.78 is 5.74. The van der Waals surface area contributed by atoms with Crippen LogP contribution >= 0.6 is 15.9 Å². The normalized spacial score (nSPS) is 10.1. The number of pyridine rings is 1. The van der Waals surface area contributed by atoms with Gasteiger partial charge in [-0.05, 0) is 40.2 Å². The van der Waals surface area contributed by atoms with Gasteiger partial charge in [-0.15, -0.1) is 0 Å². The molecular weight excluding hydrogens is 272 g/mol. The lowest BCUT2D eigenvalue weighted by Gasteiger charge is -2.03. The quantitative estimate of drug-likeness (QED) is 0.879. The Morgan fingerprint density at radius 1 is 1.50 bits per heavy atom. The Hall–Kier alpha value is -1.62. The summed E-state index contributed by atoms with van der Waals surface area (Å²) in [7, 11) is 0. The van der Waals surface area contributed by atoms with Gasteiger partial charge in [-0.2, -0.15) is 0 Å². The lowest BCUT2D eigenvalue weighted by atomic mass is 10.2. The molecule has 0 aliphatic heterocycles. The van der Waals surface area contributed by atoms with Gasteiger partial charge in [-0.3, -0.25) is 4.79 Å². The molecule has 2 heterocycles. The van der Waals surface area contributed by atoms with Gasteiger partial charge in [-0.1, -0.05) is 0 Å². The zero-order valence-electron chi connectivity index (χ0n) is 8.31. The Balaban J connectivity index is 1.98. The molecule has 0 radical (unpaired) electrons. The molecule has 0 atom stereocenters. The van der Waals surface area contributed by atoms with E-state index in [1.807, 2.05) is 6.07 Å². The Morgan fingerprint density at radius 3 is 3.06 bits per heavy atom. The molecule has 2 aromatic heterocycles. The summed E-state index contributed by atoms with van der Waals surface area (Å²) in [5.41, 5.74) is 0.563. The number of carbonyl (C=O) groups excluding carboxylic acids is 1. The van der Waals surface area contributed by atoms with Crippen molar-refractivity contribution in [2.24, 2.45) is 0 Å². The molecular formula is C11H9BrN2O2. The first-order valence-corrected chi connectivity index (χ1v) is 5.47. The van der Waals surface area contributed by atoms with Crippen molar-refractivity contribution in [1.82, 2.24) is 10.3 Å². The molecule has 0 saturated heterocycles. The van der Waals surface area contributed by atoms with Crippen LogP contribution in [-0.2, 0) is 6.54 Å². The molecule has 5 heteroatoms. The van der Waals surface area contributed by atoms with Crippen LogP contribution in [0.15, 0.2) is 45.7 Å². The van der Waals surface area contributed by atoms with Crippen LogP contribution in [-0.4, -0.2) is 10.9 Å². The number of nitrogens with zero attached hydrogens (tertiary/aromatic N) is 1. The van der Waals surface area contributed by atoms with E-state index in [1.165, 1.54) is 0 Å². The second kappa shape index (κ2) is 4.94. The average molecular weight is 281 g/mol. The van der Waals surface area contributed by atoms with Crippen LogP contribution in [0.4, 0.5) is 0 Å². The van der Waals surface area contributed by atoms with Crippen molar-refractivity contribution in [3.8, 4) is 0 Å². The standard InChI is InChI=1S/C11H9BrN2O2/c12-10-6-8(3-4-13-10)11(15)14-7-9-2-1-5-16-9/h1-6H,7H2,(H,14,15).